The van der Waals surface area contributed by atoms with Gasteiger partial charge in [-0.1, -0.05) is 12.6 Å². The van der Waals surface area contributed by atoms with Crippen molar-refractivity contribution >= 4 is 17.5 Å². The lowest BCUT2D eigenvalue weighted by Gasteiger charge is -2.11. The number of allylic oxidation sites excluding steroid dienone is 2. The Hall–Kier alpha value is -1.52. The summed E-state index contributed by atoms with van der Waals surface area (Å²) in [6.45, 7) is 6.05. The number of hydrazone groups is 1. The number of rotatable bonds is 4. The minimum atomic E-state index is 0.202. The van der Waals surface area contributed by atoms with Crippen molar-refractivity contribution in [1.82, 2.24) is 5.43 Å². The Morgan fingerprint density at radius 2 is 2.22 bits per heavy atom. The van der Waals surface area contributed by atoms with Crippen molar-refractivity contribution in [3.63, 3.8) is 0 Å². The average Bonchev–Trinajstić information content (AvgIpc) is 2.38. The normalized spacial score (nSPS) is 14.3. The summed E-state index contributed by atoms with van der Waals surface area (Å²) in [7, 11) is 0. The molecule has 2 rings (SSSR count). The van der Waals surface area contributed by atoms with Gasteiger partial charge in [0.15, 0.2) is 0 Å². The third-order valence-corrected chi connectivity index (χ3v) is 3.74. The van der Waals surface area contributed by atoms with E-state index in [0.29, 0.717) is 0 Å². The van der Waals surface area contributed by atoms with Crippen molar-refractivity contribution in [2.75, 3.05) is 12.4 Å². The van der Waals surface area contributed by atoms with E-state index < -0.39 is 0 Å². The van der Waals surface area contributed by atoms with Crippen molar-refractivity contribution in [3.8, 4) is 0 Å². The maximum atomic E-state index is 8.84. The van der Waals surface area contributed by atoms with E-state index in [1.807, 2.05) is 18.2 Å². The number of hydrogen-bond acceptors (Lipinski definition) is 4. The molecule has 2 N–H and O–H groups in total. The maximum absolute atomic E-state index is 8.84. The standard InChI is InChI=1S/C14H16N2OS/c1-10-9-12(4-6-14(10)18-8-7-17)13-5-3-11(2)15-16-13/h3-6,9,15,17H,2,7-8H2,1H3. The van der Waals surface area contributed by atoms with Gasteiger partial charge in [-0.05, 0) is 36.8 Å². The third-order valence-electron chi connectivity index (χ3n) is 2.58. The van der Waals surface area contributed by atoms with Crippen LogP contribution in [0, 0.1) is 6.92 Å². The molecular weight excluding hydrogens is 244 g/mol. The molecule has 0 fully saturated rings. The van der Waals surface area contributed by atoms with Crippen LogP contribution in [0.4, 0.5) is 0 Å². The van der Waals surface area contributed by atoms with Gasteiger partial charge < -0.3 is 5.11 Å². The monoisotopic (exact) mass is 260 g/mol. The summed E-state index contributed by atoms with van der Waals surface area (Å²) in [6.07, 6.45) is 3.86. The van der Waals surface area contributed by atoms with Crippen molar-refractivity contribution in [2.24, 2.45) is 5.10 Å². The summed E-state index contributed by atoms with van der Waals surface area (Å²) in [5, 5.41) is 13.1. The molecule has 0 unspecified atom stereocenters. The smallest absolute Gasteiger partial charge is 0.0906 e. The first-order valence-corrected chi connectivity index (χ1v) is 6.74. The van der Waals surface area contributed by atoms with E-state index in [1.54, 1.807) is 11.8 Å². The predicted octanol–water partition coefficient (Wildman–Crippen LogP) is 2.46. The Kier molecular flexibility index (Phi) is 4.23. The zero-order valence-corrected chi connectivity index (χ0v) is 11.1. The lowest BCUT2D eigenvalue weighted by molar-refractivity contribution is 0.322. The second-order valence-corrected chi connectivity index (χ2v) is 5.16. The molecule has 4 heteroatoms. The van der Waals surface area contributed by atoms with Gasteiger partial charge in [-0.15, -0.1) is 11.8 Å². The van der Waals surface area contributed by atoms with Crippen LogP contribution in [0.25, 0.3) is 0 Å². The Bertz CT molecular complexity index is 521. The van der Waals surface area contributed by atoms with Gasteiger partial charge in [0, 0.05) is 21.9 Å². The van der Waals surface area contributed by atoms with Crippen LogP contribution < -0.4 is 5.43 Å². The number of thioether (sulfide) groups is 1. The summed E-state index contributed by atoms with van der Waals surface area (Å²) in [5.74, 6) is 0.725. The summed E-state index contributed by atoms with van der Waals surface area (Å²) in [4.78, 5) is 1.20. The maximum Gasteiger partial charge on any atom is 0.0906 e. The molecule has 18 heavy (non-hydrogen) atoms. The number of hydrogen-bond donors (Lipinski definition) is 2. The van der Waals surface area contributed by atoms with E-state index >= 15 is 0 Å². The van der Waals surface area contributed by atoms with Crippen LogP contribution in [0.2, 0.25) is 0 Å². The van der Waals surface area contributed by atoms with Crippen LogP contribution in [-0.4, -0.2) is 23.2 Å². The molecule has 0 bridgehead atoms. The molecule has 0 amide bonds. The quantitative estimate of drug-likeness (QED) is 0.817. The summed E-state index contributed by atoms with van der Waals surface area (Å²) < 4.78 is 0. The Morgan fingerprint density at radius 1 is 1.39 bits per heavy atom. The van der Waals surface area contributed by atoms with Crippen molar-refractivity contribution in [1.29, 1.82) is 0 Å². The van der Waals surface area contributed by atoms with Gasteiger partial charge in [-0.3, -0.25) is 5.43 Å². The first kappa shape index (κ1) is 12.9. The second kappa shape index (κ2) is 5.89. The minimum absolute atomic E-state index is 0.202. The van der Waals surface area contributed by atoms with E-state index in [9.17, 15) is 0 Å². The lowest BCUT2D eigenvalue weighted by atomic mass is 10.1. The van der Waals surface area contributed by atoms with Crippen molar-refractivity contribution in [3.05, 3.63) is 53.8 Å². The van der Waals surface area contributed by atoms with E-state index in [1.165, 1.54) is 10.5 Å². The van der Waals surface area contributed by atoms with Gasteiger partial charge in [0.1, 0.15) is 0 Å². The summed E-state index contributed by atoms with van der Waals surface area (Å²) in [5.41, 5.74) is 6.85. The molecule has 0 atom stereocenters. The van der Waals surface area contributed by atoms with E-state index in [2.05, 4.69) is 36.2 Å². The van der Waals surface area contributed by atoms with Crippen LogP contribution >= 0.6 is 11.8 Å². The minimum Gasteiger partial charge on any atom is -0.396 e. The molecule has 0 aliphatic carbocycles. The van der Waals surface area contributed by atoms with Gasteiger partial charge in [-0.2, -0.15) is 5.10 Å². The first-order valence-electron chi connectivity index (χ1n) is 5.76. The van der Waals surface area contributed by atoms with E-state index in [4.69, 9.17) is 5.11 Å². The van der Waals surface area contributed by atoms with Gasteiger partial charge >= 0.3 is 0 Å². The number of nitrogens with one attached hydrogen (secondary N) is 1. The fourth-order valence-electron chi connectivity index (χ4n) is 1.67. The molecule has 0 aromatic heterocycles. The highest BCUT2D eigenvalue weighted by molar-refractivity contribution is 7.99. The highest BCUT2D eigenvalue weighted by atomic mass is 32.2. The number of nitrogens with zero attached hydrogens (tertiary/aromatic N) is 1. The molecule has 94 valence electrons. The predicted molar refractivity (Wildman–Crippen MR) is 76.9 cm³/mol. The average molecular weight is 260 g/mol. The van der Waals surface area contributed by atoms with E-state index in [-0.39, 0.29) is 6.61 Å². The molecular formula is C14H16N2OS. The highest BCUT2D eigenvalue weighted by Gasteiger charge is 2.07. The number of aryl methyl sites for hydroxylation is 1. The molecule has 0 radical (unpaired) electrons. The lowest BCUT2D eigenvalue weighted by Crippen LogP contribution is -2.12. The van der Waals surface area contributed by atoms with E-state index in [0.717, 1.165) is 22.7 Å². The molecule has 1 heterocycles. The number of aliphatic hydroxyl groups is 1. The fraction of sp³-hybridized carbons (Fsp3) is 0.214. The Labute approximate surface area is 111 Å². The van der Waals surface area contributed by atoms with Crippen molar-refractivity contribution in [2.45, 2.75) is 11.8 Å². The molecule has 1 aliphatic rings. The van der Waals surface area contributed by atoms with Crippen LogP contribution in [-0.2, 0) is 0 Å². The van der Waals surface area contributed by atoms with Crippen LogP contribution in [0.1, 0.15) is 11.1 Å². The van der Waals surface area contributed by atoms with Gasteiger partial charge in [-0.25, -0.2) is 0 Å². The van der Waals surface area contributed by atoms with Crippen molar-refractivity contribution < 1.29 is 5.11 Å². The second-order valence-electron chi connectivity index (χ2n) is 4.02. The molecule has 0 saturated heterocycles. The van der Waals surface area contributed by atoms with Crippen LogP contribution in [0.3, 0.4) is 0 Å². The molecule has 3 nitrogen and oxygen atoms in total. The SMILES string of the molecule is C=C1C=CC(c2ccc(SCCO)c(C)c2)=NN1. The van der Waals surface area contributed by atoms with Gasteiger partial charge in [0.25, 0.3) is 0 Å². The topological polar surface area (TPSA) is 44.6 Å². The molecule has 1 aromatic rings. The largest absolute Gasteiger partial charge is 0.396 e. The van der Waals surface area contributed by atoms with Crippen LogP contribution in [0.15, 0.2) is 52.6 Å². The Balaban J connectivity index is 2.19. The van der Waals surface area contributed by atoms with Gasteiger partial charge in [0.2, 0.25) is 0 Å². The van der Waals surface area contributed by atoms with Crippen LogP contribution in [0.5, 0.6) is 0 Å². The zero-order chi connectivity index (χ0) is 13.0. The third kappa shape index (κ3) is 3.03. The fourth-order valence-corrected chi connectivity index (χ4v) is 2.44. The summed E-state index contributed by atoms with van der Waals surface area (Å²) in [6, 6.07) is 6.23. The number of benzene rings is 1. The molecule has 0 saturated carbocycles. The molecule has 0 spiro atoms. The molecule has 1 aromatic carbocycles. The van der Waals surface area contributed by atoms with Gasteiger partial charge in [0.05, 0.1) is 12.3 Å². The first-order chi connectivity index (χ1) is 8.70. The highest BCUT2D eigenvalue weighted by Crippen LogP contribution is 2.23. The molecule has 1 aliphatic heterocycles. The zero-order valence-electron chi connectivity index (χ0n) is 10.3. The Morgan fingerprint density at radius 3 is 2.83 bits per heavy atom. The number of aliphatic hydroxyl groups excluding tert-OH is 1. The summed E-state index contributed by atoms with van der Waals surface area (Å²) >= 11 is 1.67.